The lowest BCUT2D eigenvalue weighted by Crippen LogP contribution is -2.29. The molecule has 0 aromatic carbocycles. The van der Waals surface area contributed by atoms with Crippen LogP contribution in [-0.2, 0) is 38.9 Å². The Bertz CT molecular complexity index is 761. The average molecular weight is 426 g/mol. The number of rotatable bonds is 15. The zero-order chi connectivity index (χ0) is 21.9. The molecule has 0 atom stereocenters. The van der Waals surface area contributed by atoms with Gasteiger partial charge < -0.3 is 18.6 Å². The second-order valence-electron chi connectivity index (χ2n) is 8.04. The van der Waals surface area contributed by atoms with E-state index in [9.17, 15) is 0 Å². The van der Waals surface area contributed by atoms with Crippen molar-refractivity contribution in [1.82, 2.24) is 33.6 Å². The van der Waals surface area contributed by atoms with Crippen LogP contribution < -0.4 is 0 Å². The van der Waals surface area contributed by atoms with Gasteiger partial charge in [0.25, 0.3) is 0 Å². The third-order valence-electron chi connectivity index (χ3n) is 6.05. The first-order chi connectivity index (χ1) is 15.2. The van der Waals surface area contributed by atoms with Crippen LogP contribution in [0.4, 0.5) is 0 Å². The third-order valence-corrected chi connectivity index (χ3v) is 6.05. The van der Waals surface area contributed by atoms with E-state index in [1.165, 1.54) is 17.5 Å². The van der Waals surface area contributed by atoms with Gasteiger partial charge in [-0.2, -0.15) is 0 Å². The SMILES string of the molecule is CCn1ccnc1CCCN(CCCc1nccn1CC)CCCc1nccn1CC. The highest BCUT2D eigenvalue weighted by Gasteiger charge is 2.10. The normalized spacial score (nSPS) is 11.6. The van der Waals surface area contributed by atoms with E-state index in [2.05, 4.69) is 72.9 Å². The zero-order valence-corrected chi connectivity index (χ0v) is 19.6. The highest BCUT2D eigenvalue weighted by Crippen LogP contribution is 2.08. The third kappa shape index (κ3) is 6.79. The summed E-state index contributed by atoms with van der Waals surface area (Å²) in [5.74, 6) is 3.62. The summed E-state index contributed by atoms with van der Waals surface area (Å²) in [6.45, 7) is 12.9. The van der Waals surface area contributed by atoms with E-state index in [0.29, 0.717) is 0 Å². The number of hydrogen-bond acceptors (Lipinski definition) is 4. The molecule has 0 aliphatic rings. The van der Waals surface area contributed by atoms with E-state index in [1.807, 2.05) is 18.6 Å². The summed E-state index contributed by atoms with van der Waals surface area (Å²) in [6, 6.07) is 0. The number of aromatic nitrogens is 6. The number of aryl methyl sites for hydroxylation is 6. The van der Waals surface area contributed by atoms with Crippen molar-refractivity contribution in [1.29, 1.82) is 0 Å². The Hall–Kier alpha value is -2.41. The van der Waals surface area contributed by atoms with Gasteiger partial charge in [0.15, 0.2) is 0 Å². The molecule has 170 valence electrons. The number of hydrogen-bond donors (Lipinski definition) is 0. The minimum absolute atomic E-state index is 0.993. The van der Waals surface area contributed by atoms with Gasteiger partial charge in [-0.1, -0.05) is 0 Å². The molecule has 3 rings (SSSR count). The topological polar surface area (TPSA) is 56.7 Å². The molecule has 0 spiro atoms. The molecule has 7 nitrogen and oxygen atoms in total. The predicted molar refractivity (Wildman–Crippen MR) is 125 cm³/mol. The molecule has 0 saturated heterocycles. The molecular weight excluding hydrogens is 386 g/mol. The van der Waals surface area contributed by atoms with Crippen molar-refractivity contribution in [2.45, 2.75) is 78.9 Å². The standard InChI is InChI=1S/C24H39N7/c1-4-29-19-13-25-22(29)10-7-16-28(17-8-11-23-26-14-20-30(23)5-2)18-9-12-24-27-15-21-31(24)6-3/h13-15,19-21H,4-12,16-18H2,1-3H3. The summed E-state index contributed by atoms with van der Waals surface area (Å²) in [7, 11) is 0. The van der Waals surface area contributed by atoms with Crippen LogP contribution in [0.15, 0.2) is 37.2 Å². The van der Waals surface area contributed by atoms with Crippen LogP contribution in [0.2, 0.25) is 0 Å². The molecule has 3 aromatic rings. The molecule has 0 radical (unpaired) electrons. The van der Waals surface area contributed by atoms with Gasteiger partial charge in [0, 0.05) is 76.1 Å². The van der Waals surface area contributed by atoms with Gasteiger partial charge in [0.1, 0.15) is 17.5 Å². The Labute approximate surface area is 187 Å². The summed E-state index contributed by atoms with van der Waals surface area (Å²) in [6.07, 6.45) is 18.6. The average Bonchev–Trinajstić information content (AvgIpc) is 3.53. The van der Waals surface area contributed by atoms with E-state index in [0.717, 1.165) is 77.8 Å². The van der Waals surface area contributed by atoms with Crippen molar-refractivity contribution in [3.8, 4) is 0 Å². The maximum Gasteiger partial charge on any atom is 0.108 e. The molecule has 0 aliphatic carbocycles. The Kier molecular flexibility index (Phi) is 9.34. The van der Waals surface area contributed by atoms with Crippen molar-refractivity contribution in [2.24, 2.45) is 0 Å². The first-order valence-corrected chi connectivity index (χ1v) is 12.0. The molecule has 0 amide bonds. The lowest BCUT2D eigenvalue weighted by Gasteiger charge is -2.22. The highest BCUT2D eigenvalue weighted by molar-refractivity contribution is 4.94. The van der Waals surface area contributed by atoms with Gasteiger partial charge in [-0.05, 0) is 59.7 Å². The summed E-state index contributed by atoms with van der Waals surface area (Å²) < 4.78 is 6.75. The quantitative estimate of drug-likeness (QED) is 0.371. The largest absolute Gasteiger partial charge is 0.335 e. The van der Waals surface area contributed by atoms with E-state index < -0.39 is 0 Å². The first kappa shape index (κ1) is 23.3. The highest BCUT2D eigenvalue weighted by atomic mass is 15.1. The van der Waals surface area contributed by atoms with E-state index in [-0.39, 0.29) is 0 Å². The van der Waals surface area contributed by atoms with E-state index >= 15 is 0 Å². The molecule has 0 saturated carbocycles. The Balaban J connectivity index is 1.49. The Morgan fingerprint density at radius 3 is 1.19 bits per heavy atom. The summed E-state index contributed by atoms with van der Waals surface area (Å²) in [5, 5.41) is 0. The van der Waals surface area contributed by atoms with Crippen molar-refractivity contribution < 1.29 is 0 Å². The number of imidazole rings is 3. The van der Waals surface area contributed by atoms with Crippen LogP contribution in [0.3, 0.4) is 0 Å². The van der Waals surface area contributed by atoms with E-state index in [4.69, 9.17) is 0 Å². The van der Waals surface area contributed by atoms with Crippen molar-refractivity contribution >= 4 is 0 Å². The maximum atomic E-state index is 4.54. The molecule has 7 heteroatoms. The van der Waals surface area contributed by atoms with Gasteiger partial charge in [0.2, 0.25) is 0 Å². The number of nitrogens with zero attached hydrogens (tertiary/aromatic N) is 7. The minimum atomic E-state index is 0.993. The molecule has 31 heavy (non-hydrogen) atoms. The van der Waals surface area contributed by atoms with Crippen LogP contribution in [0.1, 0.15) is 57.5 Å². The van der Waals surface area contributed by atoms with Crippen LogP contribution in [0.5, 0.6) is 0 Å². The van der Waals surface area contributed by atoms with E-state index in [1.54, 1.807) is 0 Å². The van der Waals surface area contributed by atoms with Gasteiger partial charge >= 0.3 is 0 Å². The maximum absolute atomic E-state index is 4.54. The van der Waals surface area contributed by atoms with Crippen LogP contribution in [0.25, 0.3) is 0 Å². The molecule has 0 fully saturated rings. The first-order valence-electron chi connectivity index (χ1n) is 12.0. The van der Waals surface area contributed by atoms with Crippen molar-refractivity contribution in [3.63, 3.8) is 0 Å². The second kappa shape index (κ2) is 12.4. The molecule has 3 aromatic heterocycles. The molecule has 0 bridgehead atoms. The summed E-state index contributed by atoms with van der Waals surface area (Å²) in [4.78, 5) is 16.2. The fraction of sp³-hybridized carbons (Fsp3) is 0.625. The minimum Gasteiger partial charge on any atom is -0.335 e. The van der Waals surface area contributed by atoms with Crippen LogP contribution in [-0.4, -0.2) is 53.2 Å². The molecule has 0 unspecified atom stereocenters. The van der Waals surface area contributed by atoms with Crippen molar-refractivity contribution in [2.75, 3.05) is 19.6 Å². The smallest absolute Gasteiger partial charge is 0.108 e. The molecule has 0 N–H and O–H groups in total. The fourth-order valence-electron chi connectivity index (χ4n) is 4.29. The molecular formula is C24H39N7. The second-order valence-corrected chi connectivity index (χ2v) is 8.04. The zero-order valence-electron chi connectivity index (χ0n) is 19.6. The summed E-state index contributed by atoms with van der Waals surface area (Å²) >= 11 is 0. The lowest BCUT2D eigenvalue weighted by atomic mass is 10.2. The summed E-state index contributed by atoms with van der Waals surface area (Å²) in [5.41, 5.74) is 0. The fourth-order valence-corrected chi connectivity index (χ4v) is 4.29. The Morgan fingerprint density at radius 1 is 0.581 bits per heavy atom. The van der Waals surface area contributed by atoms with Gasteiger partial charge in [-0.15, -0.1) is 0 Å². The molecule has 3 heterocycles. The predicted octanol–water partition coefficient (Wildman–Crippen LogP) is 3.84. The van der Waals surface area contributed by atoms with Crippen molar-refractivity contribution in [3.05, 3.63) is 54.7 Å². The lowest BCUT2D eigenvalue weighted by molar-refractivity contribution is 0.261. The Morgan fingerprint density at radius 2 is 0.903 bits per heavy atom. The van der Waals surface area contributed by atoms with Gasteiger partial charge in [-0.3, -0.25) is 0 Å². The van der Waals surface area contributed by atoms with Gasteiger partial charge in [0.05, 0.1) is 0 Å². The molecule has 0 aliphatic heterocycles. The van der Waals surface area contributed by atoms with Gasteiger partial charge in [-0.25, -0.2) is 15.0 Å². The van der Waals surface area contributed by atoms with Crippen LogP contribution >= 0.6 is 0 Å². The van der Waals surface area contributed by atoms with Crippen LogP contribution in [0, 0.1) is 0 Å². The monoisotopic (exact) mass is 425 g/mol.